The quantitative estimate of drug-likeness (QED) is 0.706. The molecule has 1 amide bonds. The number of nitrogens with one attached hydrogen (secondary N) is 3. The Labute approximate surface area is 165 Å². The number of ether oxygens (including phenoxy) is 1. The summed E-state index contributed by atoms with van der Waals surface area (Å²) < 4.78 is 7.71. The van der Waals surface area contributed by atoms with Gasteiger partial charge in [-0.15, -0.1) is 0 Å². The first-order valence-corrected chi connectivity index (χ1v) is 10.5. The number of aromatic nitrogens is 1. The number of carbonyl (C=O) groups excluding carboxylic acids is 1. The average Bonchev–Trinajstić information content (AvgIpc) is 3.31. The number of carbonyl (C=O) groups is 1. The minimum Gasteiger partial charge on any atom is -0.379 e. The standard InChI is InChI=1S/C21H29N5O2/c27-21(19-14-18(23-24-19)15-1-2-15)22-17-3-4-20-16(13-17)5-6-26(20)8-7-25-9-11-28-12-10-25/h3-6,13,15,18-19,23-24H,1-2,7-12,14H2,(H,22,27). The first kappa shape index (κ1) is 18.1. The molecule has 0 radical (unpaired) electrons. The molecule has 1 aromatic heterocycles. The van der Waals surface area contributed by atoms with Crippen molar-refractivity contribution >= 4 is 22.5 Å². The van der Waals surface area contributed by atoms with Gasteiger partial charge in [0, 0.05) is 55.0 Å². The van der Waals surface area contributed by atoms with E-state index in [1.165, 1.54) is 18.4 Å². The molecule has 2 aliphatic heterocycles. The molecule has 7 nitrogen and oxygen atoms in total. The monoisotopic (exact) mass is 383 g/mol. The zero-order valence-electron chi connectivity index (χ0n) is 16.2. The summed E-state index contributed by atoms with van der Waals surface area (Å²) in [7, 11) is 0. The molecule has 3 aliphatic rings. The molecule has 7 heteroatoms. The molecular formula is C21H29N5O2. The van der Waals surface area contributed by atoms with Gasteiger partial charge in [-0.3, -0.25) is 15.1 Å². The van der Waals surface area contributed by atoms with E-state index in [4.69, 9.17) is 4.74 Å². The van der Waals surface area contributed by atoms with Gasteiger partial charge in [0.2, 0.25) is 5.91 Å². The van der Waals surface area contributed by atoms with Crippen LogP contribution in [-0.4, -0.2) is 60.3 Å². The van der Waals surface area contributed by atoms with E-state index in [-0.39, 0.29) is 11.9 Å². The van der Waals surface area contributed by atoms with Gasteiger partial charge in [-0.25, -0.2) is 5.43 Å². The predicted octanol–water partition coefficient (Wildman–Crippen LogP) is 1.56. The molecule has 2 atom stereocenters. The molecule has 1 saturated carbocycles. The molecule has 3 fully saturated rings. The van der Waals surface area contributed by atoms with Crippen molar-refractivity contribution in [2.45, 2.75) is 37.9 Å². The van der Waals surface area contributed by atoms with Gasteiger partial charge in [0.25, 0.3) is 0 Å². The van der Waals surface area contributed by atoms with E-state index >= 15 is 0 Å². The Morgan fingerprint density at radius 1 is 1.14 bits per heavy atom. The number of morpholine rings is 1. The highest BCUT2D eigenvalue weighted by Crippen LogP contribution is 2.35. The van der Waals surface area contributed by atoms with Crippen molar-refractivity contribution < 1.29 is 9.53 Å². The predicted molar refractivity (Wildman–Crippen MR) is 109 cm³/mol. The van der Waals surface area contributed by atoms with Gasteiger partial charge in [-0.1, -0.05) is 0 Å². The van der Waals surface area contributed by atoms with E-state index < -0.39 is 0 Å². The van der Waals surface area contributed by atoms with Gasteiger partial charge < -0.3 is 14.6 Å². The van der Waals surface area contributed by atoms with Crippen molar-refractivity contribution in [1.29, 1.82) is 0 Å². The fraction of sp³-hybridized carbons (Fsp3) is 0.571. The lowest BCUT2D eigenvalue weighted by molar-refractivity contribution is -0.117. The Balaban J connectivity index is 1.20. The molecule has 150 valence electrons. The molecule has 3 heterocycles. The third-order valence-corrected chi connectivity index (χ3v) is 6.24. The normalized spacial score (nSPS) is 26.0. The van der Waals surface area contributed by atoms with Gasteiger partial charge >= 0.3 is 0 Å². The minimum atomic E-state index is -0.153. The van der Waals surface area contributed by atoms with Crippen LogP contribution in [0.15, 0.2) is 30.5 Å². The fourth-order valence-corrected chi connectivity index (χ4v) is 4.34. The highest BCUT2D eigenvalue weighted by molar-refractivity contribution is 5.97. The summed E-state index contributed by atoms with van der Waals surface area (Å²) in [4.78, 5) is 15.0. The van der Waals surface area contributed by atoms with Crippen LogP contribution in [-0.2, 0) is 16.1 Å². The molecule has 2 aromatic rings. The van der Waals surface area contributed by atoms with Gasteiger partial charge in [0.05, 0.1) is 13.2 Å². The summed E-state index contributed by atoms with van der Waals surface area (Å²) >= 11 is 0. The smallest absolute Gasteiger partial charge is 0.242 e. The first-order valence-electron chi connectivity index (χ1n) is 10.5. The molecule has 3 N–H and O–H groups in total. The largest absolute Gasteiger partial charge is 0.379 e. The molecule has 1 aliphatic carbocycles. The number of hydrogen-bond acceptors (Lipinski definition) is 5. The molecule has 2 saturated heterocycles. The topological polar surface area (TPSA) is 70.6 Å². The summed E-state index contributed by atoms with van der Waals surface area (Å²) in [5, 5.41) is 4.24. The molecule has 5 rings (SSSR count). The molecular weight excluding hydrogens is 354 g/mol. The van der Waals surface area contributed by atoms with Crippen LogP contribution in [0, 0.1) is 5.92 Å². The van der Waals surface area contributed by atoms with E-state index in [0.29, 0.717) is 6.04 Å². The van der Waals surface area contributed by atoms with Crippen molar-refractivity contribution in [3.8, 4) is 0 Å². The molecule has 0 spiro atoms. The van der Waals surface area contributed by atoms with Crippen molar-refractivity contribution in [3.05, 3.63) is 30.5 Å². The summed E-state index contributed by atoms with van der Waals surface area (Å²) in [6, 6.07) is 8.60. The van der Waals surface area contributed by atoms with Crippen LogP contribution in [0.3, 0.4) is 0 Å². The lowest BCUT2D eigenvalue weighted by atomic mass is 10.1. The van der Waals surface area contributed by atoms with Crippen molar-refractivity contribution in [1.82, 2.24) is 20.3 Å². The number of hydrogen-bond donors (Lipinski definition) is 3. The van der Waals surface area contributed by atoms with Crippen molar-refractivity contribution in [3.63, 3.8) is 0 Å². The number of anilines is 1. The Morgan fingerprint density at radius 3 is 2.82 bits per heavy atom. The first-order chi connectivity index (χ1) is 13.8. The molecule has 0 bridgehead atoms. The zero-order valence-corrected chi connectivity index (χ0v) is 16.2. The molecule has 28 heavy (non-hydrogen) atoms. The van der Waals surface area contributed by atoms with Crippen LogP contribution < -0.4 is 16.2 Å². The Bertz CT molecular complexity index is 840. The summed E-state index contributed by atoms with van der Waals surface area (Å²) in [6.45, 7) is 5.70. The van der Waals surface area contributed by atoms with Gasteiger partial charge in [0.1, 0.15) is 6.04 Å². The zero-order chi connectivity index (χ0) is 18.9. The van der Waals surface area contributed by atoms with E-state index in [1.807, 2.05) is 6.07 Å². The second-order valence-electron chi connectivity index (χ2n) is 8.25. The van der Waals surface area contributed by atoms with Gasteiger partial charge in [0.15, 0.2) is 0 Å². The lowest BCUT2D eigenvalue weighted by Gasteiger charge is -2.26. The number of hydrazine groups is 1. The average molecular weight is 383 g/mol. The van der Waals surface area contributed by atoms with Crippen LogP contribution in [0.25, 0.3) is 10.9 Å². The van der Waals surface area contributed by atoms with Crippen molar-refractivity contribution in [2.75, 3.05) is 38.2 Å². The van der Waals surface area contributed by atoms with E-state index in [2.05, 4.69) is 50.0 Å². The third-order valence-electron chi connectivity index (χ3n) is 6.24. The fourth-order valence-electron chi connectivity index (χ4n) is 4.34. The van der Waals surface area contributed by atoms with Crippen LogP contribution in [0.1, 0.15) is 19.3 Å². The molecule has 1 aromatic carbocycles. The Hall–Kier alpha value is -1.93. The van der Waals surface area contributed by atoms with E-state index in [9.17, 15) is 4.79 Å². The number of fused-ring (bicyclic) bond motifs is 1. The van der Waals surface area contributed by atoms with E-state index in [0.717, 1.165) is 62.8 Å². The van der Waals surface area contributed by atoms with Crippen LogP contribution in [0.2, 0.25) is 0 Å². The number of rotatable bonds is 6. The molecule has 2 unspecified atom stereocenters. The number of nitrogens with zero attached hydrogens (tertiary/aromatic N) is 2. The number of benzene rings is 1. The van der Waals surface area contributed by atoms with Crippen LogP contribution in [0.4, 0.5) is 5.69 Å². The summed E-state index contributed by atoms with van der Waals surface area (Å²) in [5.74, 6) is 0.792. The lowest BCUT2D eigenvalue weighted by Crippen LogP contribution is -2.40. The Kier molecular flexibility index (Phi) is 5.07. The maximum atomic E-state index is 12.6. The highest BCUT2D eigenvalue weighted by Gasteiger charge is 2.38. The number of amides is 1. The summed E-state index contributed by atoms with van der Waals surface area (Å²) in [5.41, 5.74) is 8.51. The van der Waals surface area contributed by atoms with Gasteiger partial charge in [-0.05, 0) is 49.4 Å². The Morgan fingerprint density at radius 2 is 2.00 bits per heavy atom. The summed E-state index contributed by atoms with van der Waals surface area (Å²) in [6.07, 6.45) is 5.58. The second kappa shape index (κ2) is 7.83. The van der Waals surface area contributed by atoms with E-state index in [1.54, 1.807) is 0 Å². The third kappa shape index (κ3) is 3.93. The SMILES string of the molecule is O=C(Nc1ccc2c(ccn2CCN2CCOCC2)c1)C1CC(C2CC2)NN1. The maximum absolute atomic E-state index is 12.6. The highest BCUT2D eigenvalue weighted by atomic mass is 16.5. The minimum absolute atomic E-state index is 0.0433. The second-order valence-corrected chi connectivity index (χ2v) is 8.25. The van der Waals surface area contributed by atoms with Crippen LogP contribution in [0.5, 0.6) is 0 Å². The maximum Gasteiger partial charge on any atom is 0.242 e. The van der Waals surface area contributed by atoms with Crippen molar-refractivity contribution in [2.24, 2.45) is 5.92 Å². The van der Waals surface area contributed by atoms with Crippen LogP contribution >= 0.6 is 0 Å². The van der Waals surface area contributed by atoms with Gasteiger partial charge in [-0.2, -0.15) is 0 Å².